The van der Waals surface area contributed by atoms with Crippen molar-refractivity contribution in [1.82, 2.24) is 10.2 Å². The highest BCUT2D eigenvalue weighted by Crippen LogP contribution is 2.23. The number of nitrogens with zero attached hydrogens (tertiary/aromatic N) is 1. The second-order valence-corrected chi connectivity index (χ2v) is 8.01. The van der Waals surface area contributed by atoms with Gasteiger partial charge >= 0.3 is 0 Å². The molecule has 2 amide bonds. The van der Waals surface area contributed by atoms with E-state index in [1.54, 1.807) is 28.8 Å². The van der Waals surface area contributed by atoms with Crippen LogP contribution in [0, 0.1) is 5.82 Å². The van der Waals surface area contributed by atoms with Crippen LogP contribution in [0.2, 0.25) is 0 Å². The van der Waals surface area contributed by atoms with Gasteiger partial charge in [0, 0.05) is 17.8 Å². The van der Waals surface area contributed by atoms with Crippen LogP contribution in [0.4, 0.5) is 4.39 Å². The van der Waals surface area contributed by atoms with Crippen LogP contribution in [0.25, 0.3) is 0 Å². The quantitative estimate of drug-likeness (QED) is 0.830. The number of amides is 2. The van der Waals surface area contributed by atoms with Crippen molar-refractivity contribution in [2.45, 2.75) is 39.0 Å². The van der Waals surface area contributed by atoms with Crippen LogP contribution in [0.1, 0.15) is 33.3 Å². The Morgan fingerprint density at radius 2 is 1.83 bits per heavy atom. The van der Waals surface area contributed by atoms with E-state index in [-0.39, 0.29) is 28.9 Å². The van der Waals surface area contributed by atoms with E-state index in [4.69, 9.17) is 0 Å². The van der Waals surface area contributed by atoms with Crippen molar-refractivity contribution in [3.05, 3.63) is 35.6 Å². The Hall–Kier alpha value is -1.56. The molecule has 0 radical (unpaired) electrons. The largest absolute Gasteiger partial charge is 0.350 e. The van der Waals surface area contributed by atoms with E-state index < -0.39 is 0 Å². The molecule has 0 spiro atoms. The molecule has 0 aromatic heterocycles. The number of rotatable bonds is 7. The average molecular weight is 340 g/mol. The molecule has 128 valence electrons. The molecule has 1 aromatic rings. The van der Waals surface area contributed by atoms with E-state index >= 15 is 0 Å². The second kappa shape index (κ2) is 8.91. The molecule has 0 unspecified atom stereocenters. The van der Waals surface area contributed by atoms with Crippen LogP contribution >= 0.6 is 11.8 Å². The third kappa shape index (κ3) is 8.02. The number of likely N-dealkylation sites (N-methyl/N-ethyl adjacent to an activating group) is 1. The number of benzene rings is 1. The smallest absolute Gasteiger partial charge is 0.239 e. The van der Waals surface area contributed by atoms with Gasteiger partial charge in [0.25, 0.3) is 0 Å². The van der Waals surface area contributed by atoms with Gasteiger partial charge in [0.2, 0.25) is 11.8 Å². The van der Waals surface area contributed by atoms with Crippen molar-refractivity contribution in [3.8, 4) is 0 Å². The van der Waals surface area contributed by atoms with Gasteiger partial charge in [-0.2, -0.15) is 0 Å². The molecular formula is C17H25FN2O2S. The van der Waals surface area contributed by atoms with Gasteiger partial charge in [-0.25, -0.2) is 4.39 Å². The highest BCUT2D eigenvalue weighted by Gasteiger charge is 2.19. The van der Waals surface area contributed by atoms with Crippen LogP contribution in [-0.2, 0) is 16.1 Å². The predicted molar refractivity (Wildman–Crippen MR) is 92.7 cm³/mol. The summed E-state index contributed by atoms with van der Waals surface area (Å²) in [5.41, 5.74) is 0.817. The van der Waals surface area contributed by atoms with Crippen LogP contribution in [0.3, 0.4) is 0 Å². The fraction of sp³-hybridized carbons (Fsp3) is 0.529. The second-order valence-electron chi connectivity index (χ2n) is 6.21. The van der Waals surface area contributed by atoms with Crippen LogP contribution in [0.5, 0.6) is 0 Å². The van der Waals surface area contributed by atoms with Gasteiger partial charge in [-0.3, -0.25) is 9.59 Å². The first-order valence-corrected chi connectivity index (χ1v) is 8.62. The highest BCUT2D eigenvalue weighted by molar-refractivity contribution is 8.01. The minimum atomic E-state index is -0.306. The molecule has 0 bridgehead atoms. The summed E-state index contributed by atoms with van der Waals surface area (Å²) in [4.78, 5) is 25.7. The fourth-order valence-electron chi connectivity index (χ4n) is 1.78. The molecule has 0 atom stereocenters. The molecule has 0 heterocycles. The van der Waals surface area contributed by atoms with Crippen molar-refractivity contribution < 1.29 is 14.0 Å². The summed E-state index contributed by atoms with van der Waals surface area (Å²) >= 11 is 1.57. The first kappa shape index (κ1) is 19.5. The van der Waals surface area contributed by atoms with Crippen molar-refractivity contribution in [3.63, 3.8) is 0 Å². The summed E-state index contributed by atoms with van der Waals surface area (Å²) in [5, 5.41) is 2.75. The molecule has 4 nitrogen and oxygen atoms in total. The minimum Gasteiger partial charge on any atom is -0.350 e. The predicted octanol–water partition coefficient (Wildman–Crippen LogP) is 2.82. The molecule has 0 aliphatic carbocycles. The van der Waals surface area contributed by atoms with Gasteiger partial charge < -0.3 is 10.2 Å². The maximum absolute atomic E-state index is 12.8. The van der Waals surface area contributed by atoms with Gasteiger partial charge in [0.1, 0.15) is 5.82 Å². The molecule has 0 saturated heterocycles. The van der Waals surface area contributed by atoms with Gasteiger partial charge in [0.15, 0.2) is 0 Å². The summed E-state index contributed by atoms with van der Waals surface area (Å²) in [6.07, 6.45) is 0. The van der Waals surface area contributed by atoms with E-state index in [1.807, 2.05) is 6.92 Å². The third-order valence-corrected chi connectivity index (χ3v) is 4.36. The van der Waals surface area contributed by atoms with Gasteiger partial charge in [0.05, 0.1) is 12.3 Å². The Balaban J connectivity index is 2.43. The SMILES string of the molecule is CCN(CC(=O)NCc1ccc(F)cc1)C(=O)CSC(C)(C)C. The first-order chi connectivity index (χ1) is 10.7. The zero-order valence-corrected chi connectivity index (χ0v) is 15.0. The first-order valence-electron chi connectivity index (χ1n) is 7.64. The Morgan fingerprint density at radius 3 is 2.35 bits per heavy atom. The Labute approximate surface area is 141 Å². The van der Waals surface area contributed by atoms with Crippen molar-refractivity contribution in [2.75, 3.05) is 18.8 Å². The number of carbonyl (C=O) groups excluding carboxylic acids is 2. The van der Waals surface area contributed by atoms with Gasteiger partial charge in [-0.05, 0) is 24.6 Å². The molecule has 0 aliphatic heterocycles. The lowest BCUT2D eigenvalue weighted by atomic mass is 10.2. The normalized spacial score (nSPS) is 11.2. The van der Waals surface area contributed by atoms with Crippen LogP contribution in [-0.4, -0.2) is 40.3 Å². The molecule has 0 saturated carbocycles. The Morgan fingerprint density at radius 1 is 1.22 bits per heavy atom. The lowest BCUT2D eigenvalue weighted by Crippen LogP contribution is -2.41. The summed E-state index contributed by atoms with van der Waals surface area (Å²) in [6, 6.07) is 5.96. The van der Waals surface area contributed by atoms with E-state index in [0.717, 1.165) is 5.56 Å². The molecule has 1 rings (SSSR count). The number of carbonyl (C=O) groups is 2. The zero-order chi connectivity index (χ0) is 17.5. The summed E-state index contributed by atoms with van der Waals surface area (Å²) in [5.74, 6) is -0.198. The Kier molecular flexibility index (Phi) is 7.55. The van der Waals surface area contributed by atoms with Crippen molar-refractivity contribution in [1.29, 1.82) is 0 Å². The minimum absolute atomic E-state index is 0.0138. The van der Waals surface area contributed by atoms with E-state index in [9.17, 15) is 14.0 Å². The summed E-state index contributed by atoms with van der Waals surface area (Å²) < 4.78 is 12.8. The topological polar surface area (TPSA) is 49.4 Å². The van der Waals surface area contributed by atoms with Gasteiger partial charge in [-0.15, -0.1) is 11.8 Å². The monoisotopic (exact) mass is 340 g/mol. The number of hydrogen-bond donors (Lipinski definition) is 1. The van der Waals surface area contributed by atoms with Crippen LogP contribution in [0.15, 0.2) is 24.3 Å². The van der Waals surface area contributed by atoms with Crippen molar-refractivity contribution >= 4 is 23.6 Å². The number of hydrogen-bond acceptors (Lipinski definition) is 3. The molecule has 0 fully saturated rings. The van der Waals surface area contributed by atoms with E-state index in [0.29, 0.717) is 18.8 Å². The van der Waals surface area contributed by atoms with Gasteiger partial charge in [-0.1, -0.05) is 32.9 Å². The fourth-order valence-corrected chi connectivity index (χ4v) is 2.52. The van der Waals surface area contributed by atoms with E-state index in [1.165, 1.54) is 12.1 Å². The van der Waals surface area contributed by atoms with E-state index in [2.05, 4.69) is 26.1 Å². The van der Waals surface area contributed by atoms with Crippen molar-refractivity contribution in [2.24, 2.45) is 0 Å². The maximum atomic E-state index is 12.8. The molecule has 1 N–H and O–H groups in total. The average Bonchev–Trinajstić information content (AvgIpc) is 2.49. The molecule has 23 heavy (non-hydrogen) atoms. The Bertz CT molecular complexity index is 526. The molecule has 0 aliphatic rings. The lowest BCUT2D eigenvalue weighted by Gasteiger charge is -2.23. The summed E-state index contributed by atoms with van der Waals surface area (Å²) in [6.45, 7) is 8.87. The van der Waals surface area contributed by atoms with Crippen LogP contribution < -0.4 is 5.32 Å². The zero-order valence-electron chi connectivity index (χ0n) is 14.2. The number of thioether (sulfide) groups is 1. The number of nitrogens with one attached hydrogen (secondary N) is 1. The third-order valence-electron chi connectivity index (χ3n) is 3.10. The standard InChI is InChI=1S/C17H25FN2O2S/c1-5-20(16(22)12-23-17(2,3)4)11-15(21)19-10-13-6-8-14(18)9-7-13/h6-9H,5,10-12H2,1-4H3,(H,19,21). The molecule has 1 aromatic carbocycles. The molecule has 6 heteroatoms. The summed E-state index contributed by atoms with van der Waals surface area (Å²) in [7, 11) is 0. The lowest BCUT2D eigenvalue weighted by molar-refractivity contribution is -0.133. The molecular weight excluding hydrogens is 315 g/mol. The highest BCUT2D eigenvalue weighted by atomic mass is 32.2. The maximum Gasteiger partial charge on any atom is 0.239 e. The number of halogens is 1.